The van der Waals surface area contributed by atoms with Gasteiger partial charge in [-0.25, -0.2) is 4.98 Å². The molecule has 1 aliphatic heterocycles. The Morgan fingerprint density at radius 3 is 3.08 bits per heavy atom. The summed E-state index contributed by atoms with van der Waals surface area (Å²) in [6.45, 7) is 2.09. The average Bonchev–Trinajstić information content (AvgIpc) is 2.07. The van der Waals surface area contributed by atoms with Crippen molar-refractivity contribution in [3.8, 4) is 0 Å². The van der Waals surface area contributed by atoms with Crippen molar-refractivity contribution in [3.63, 3.8) is 0 Å². The molecule has 62 valence electrons. The smallest absolute Gasteiger partial charge is 0.154 e. The number of hydrogen-bond donors (Lipinski definition) is 1. The van der Waals surface area contributed by atoms with E-state index in [9.17, 15) is 0 Å². The van der Waals surface area contributed by atoms with E-state index < -0.39 is 0 Å². The zero-order valence-electron chi connectivity index (χ0n) is 7.20. The molecule has 12 heavy (non-hydrogen) atoms. The molecule has 0 bridgehead atoms. The third-order valence-corrected chi connectivity index (χ3v) is 2.02. The highest BCUT2D eigenvalue weighted by atomic mass is 15.5. The summed E-state index contributed by atoms with van der Waals surface area (Å²) in [5.41, 5.74) is 5.50. The number of pyridine rings is 1. The first kappa shape index (κ1) is 7.16. The second-order valence-electron chi connectivity index (χ2n) is 2.89. The summed E-state index contributed by atoms with van der Waals surface area (Å²) in [6, 6.07) is 2.02. The molecule has 0 amide bonds. The quantitative estimate of drug-likeness (QED) is 0.622. The van der Waals surface area contributed by atoms with Crippen molar-refractivity contribution in [2.45, 2.75) is 6.92 Å². The third kappa shape index (κ3) is 0.942. The molecule has 0 saturated carbocycles. The first-order chi connectivity index (χ1) is 5.79. The van der Waals surface area contributed by atoms with E-state index in [1.54, 1.807) is 0 Å². The number of fused-ring (bicyclic) bond motifs is 1. The van der Waals surface area contributed by atoms with Crippen LogP contribution in [0.5, 0.6) is 0 Å². The lowest BCUT2D eigenvalue weighted by atomic mass is 10.1. The Bertz CT molecular complexity index is 331. The Morgan fingerprint density at radius 1 is 1.50 bits per heavy atom. The number of aryl methyl sites for hydroxylation is 1. The molecule has 0 aliphatic carbocycles. The van der Waals surface area contributed by atoms with Gasteiger partial charge in [-0.1, -0.05) is 0 Å². The Hall–Kier alpha value is -1.51. The Kier molecular flexibility index (Phi) is 1.50. The summed E-state index contributed by atoms with van der Waals surface area (Å²) in [5.74, 6) is 0.984. The van der Waals surface area contributed by atoms with Gasteiger partial charge in [-0.3, -0.25) is 5.01 Å². The zero-order chi connectivity index (χ0) is 8.55. The molecule has 1 N–H and O–H groups in total. The van der Waals surface area contributed by atoms with Crippen LogP contribution in [0, 0.1) is 6.92 Å². The van der Waals surface area contributed by atoms with Crippen LogP contribution in [0.3, 0.4) is 0 Å². The van der Waals surface area contributed by atoms with Crippen LogP contribution in [0.2, 0.25) is 0 Å². The summed E-state index contributed by atoms with van der Waals surface area (Å²) in [4.78, 5) is 4.27. The number of hydrazine groups is 1. The summed E-state index contributed by atoms with van der Waals surface area (Å²) in [7, 11) is 1.95. The second-order valence-corrected chi connectivity index (χ2v) is 2.89. The van der Waals surface area contributed by atoms with Gasteiger partial charge in [0.15, 0.2) is 5.82 Å². The van der Waals surface area contributed by atoms with Gasteiger partial charge in [-0.2, -0.15) is 0 Å². The van der Waals surface area contributed by atoms with Crippen molar-refractivity contribution in [2.24, 2.45) is 0 Å². The van der Waals surface area contributed by atoms with Crippen LogP contribution in [0.4, 0.5) is 5.82 Å². The summed E-state index contributed by atoms with van der Waals surface area (Å²) >= 11 is 0. The summed E-state index contributed by atoms with van der Waals surface area (Å²) in [6.07, 6.45) is 5.78. The Balaban J connectivity index is 2.61. The fourth-order valence-electron chi connectivity index (χ4n) is 1.32. The predicted molar refractivity (Wildman–Crippen MR) is 49.5 cm³/mol. The van der Waals surface area contributed by atoms with Crippen LogP contribution < -0.4 is 10.4 Å². The molecule has 0 radical (unpaired) electrons. The molecule has 2 rings (SSSR count). The molecule has 0 unspecified atom stereocenters. The highest BCUT2D eigenvalue weighted by Crippen LogP contribution is 2.22. The van der Waals surface area contributed by atoms with Gasteiger partial charge in [-0.15, -0.1) is 0 Å². The molecule has 0 aromatic carbocycles. The maximum absolute atomic E-state index is 4.27. The number of nitrogens with zero attached hydrogens (tertiary/aromatic N) is 2. The molecule has 3 heteroatoms. The first-order valence-electron chi connectivity index (χ1n) is 3.91. The number of anilines is 1. The van der Waals surface area contributed by atoms with Crippen LogP contribution in [0.1, 0.15) is 11.1 Å². The van der Waals surface area contributed by atoms with E-state index in [1.165, 1.54) is 11.1 Å². The first-order valence-corrected chi connectivity index (χ1v) is 3.91. The zero-order valence-corrected chi connectivity index (χ0v) is 7.20. The molecule has 0 fully saturated rings. The van der Waals surface area contributed by atoms with Gasteiger partial charge in [0.05, 0.1) is 0 Å². The fourth-order valence-corrected chi connectivity index (χ4v) is 1.32. The van der Waals surface area contributed by atoms with Crippen molar-refractivity contribution in [3.05, 3.63) is 29.6 Å². The minimum Gasteiger partial charge on any atom is -0.305 e. The van der Waals surface area contributed by atoms with E-state index in [4.69, 9.17) is 0 Å². The number of aromatic nitrogens is 1. The van der Waals surface area contributed by atoms with Gasteiger partial charge < -0.3 is 5.43 Å². The maximum atomic E-state index is 4.27. The molecular formula is C9H11N3. The summed E-state index contributed by atoms with van der Waals surface area (Å²) < 4.78 is 0. The van der Waals surface area contributed by atoms with Gasteiger partial charge in [-0.05, 0) is 24.6 Å². The van der Waals surface area contributed by atoms with Crippen LogP contribution in [-0.2, 0) is 0 Å². The van der Waals surface area contributed by atoms with E-state index in [2.05, 4.69) is 17.3 Å². The molecule has 1 aliphatic rings. The number of nitrogens with one attached hydrogen (secondary N) is 1. The number of rotatable bonds is 0. The second kappa shape index (κ2) is 2.52. The molecule has 1 aromatic heterocycles. The van der Waals surface area contributed by atoms with E-state index in [0.29, 0.717) is 0 Å². The molecule has 1 aromatic rings. The number of hydrogen-bond acceptors (Lipinski definition) is 3. The van der Waals surface area contributed by atoms with Crippen molar-refractivity contribution < 1.29 is 0 Å². The highest BCUT2D eigenvalue weighted by Gasteiger charge is 2.10. The van der Waals surface area contributed by atoms with E-state index in [1.807, 2.05) is 36.6 Å². The molecular weight excluding hydrogens is 150 g/mol. The van der Waals surface area contributed by atoms with Gasteiger partial charge >= 0.3 is 0 Å². The Labute approximate surface area is 71.7 Å². The third-order valence-electron chi connectivity index (χ3n) is 2.02. The molecule has 0 saturated heterocycles. The lowest BCUT2D eigenvalue weighted by Crippen LogP contribution is -2.33. The standard InChI is InChI=1S/C9H11N3/c1-7-3-5-10-9-8(7)4-6-11-12(9)2/h3-6,11H,1-2H3. The van der Waals surface area contributed by atoms with E-state index in [0.717, 1.165) is 5.82 Å². The molecule has 3 nitrogen and oxygen atoms in total. The topological polar surface area (TPSA) is 28.2 Å². The van der Waals surface area contributed by atoms with Crippen molar-refractivity contribution >= 4 is 11.9 Å². The molecule has 0 atom stereocenters. The monoisotopic (exact) mass is 161 g/mol. The van der Waals surface area contributed by atoms with Gasteiger partial charge in [0, 0.05) is 25.0 Å². The van der Waals surface area contributed by atoms with Gasteiger partial charge in [0.2, 0.25) is 0 Å². The highest BCUT2D eigenvalue weighted by molar-refractivity contribution is 5.68. The van der Waals surface area contributed by atoms with Crippen molar-refractivity contribution in [2.75, 3.05) is 12.1 Å². The maximum Gasteiger partial charge on any atom is 0.154 e. The summed E-state index contributed by atoms with van der Waals surface area (Å²) in [5, 5.41) is 1.91. The predicted octanol–water partition coefficient (Wildman–Crippen LogP) is 1.32. The van der Waals surface area contributed by atoms with E-state index >= 15 is 0 Å². The minimum atomic E-state index is 0.984. The normalized spacial score (nSPS) is 14.0. The molecule has 0 spiro atoms. The van der Waals surface area contributed by atoms with Crippen LogP contribution in [0.15, 0.2) is 18.5 Å². The van der Waals surface area contributed by atoms with Crippen LogP contribution >= 0.6 is 0 Å². The fraction of sp³-hybridized carbons (Fsp3) is 0.222. The SMILES string of the molecule is Cc1ccnc2c1C=CNN2C. The van der Waals surface area contributed by atoms with Crippen LogP contribution in [-0.4, -0.2) is 12.0 Å². The van der Waals surface area contributed by atoms with Crippen LogP contribution in [0.25, 0.3) is 6.08 Å². The lowest BCUT2D eigenvalue weighted by Gasteiger charge is -2.24. The molecule has 2 heterocycles. The van der Waals surface area contributed by atoms with Crippen molar-refractivity contribution in [1.82, 2.24) is 10.4 Å². The minimum absolute atomic E-state index is 0.984. The van der Waals surface area contributed by atoms with Crippen molar-refractivity contribution in [1.29, 1.82) is 0 Å². The average molecular weight is 161 g/mol. The van der Waals surface area contributed by atoms with Gasteiger partial charge in [0.25, 0.3) is 0 Å². The van der Waals surface area contributed by atoms with E-state index in [-0.39, 0.29) is 0 Å². The lowest BCUT2D eigenvalue weighted by molar-refractivity contribution is 0.810. The van der Waals surface area contributed by atoms with Gasteiger partial charge in [0.1, 0.15) is 0 Å². The Morgan fingerprint density at radius 2 is 2.33 bits per heavy atom. The largest absolute Gasteiger partial charge is 0.305 e.